The summed E-state index contributed by atoms with van der Waals surface area (Å²) in [5.74, 6) is 1.10. The molecule has 0 spiro atoms. The van der Waals surface area contributed by atoms with Gasteiger partial charge in [0.1, 0.15) is 5.69 Å². The molecule has 0 atom stereocenters. The molecule has 0 aliphatic carbocycles. The first-order chi connectivity index (χ1) is 12.2. The van der Waals surface area contributed by atoms with Gasteiger partial charge in [-0.25, -0.2) is 4.79 Å². The van der Waals surface area contributed by atoms with Gasteiger partial charge < -0.3 is 4.74 Å². The Labute approximate surface area is 163 Å². The van der Waals surface area contributed by atoms with Crippen LogP contribution < -0.4 is 4.74 Å². The van der Waals surface area contributed by atoms with Crippen LogP contribution in [0.4, 0.5) is 9.50 Å². The maximum Gasteiger partial charge on any atom is 0.372 e. The van der Waals surface area contributed by atoms with Gasteiger partial charge >= 0.3 is 5.30 Å². The fourth-order valence-electron chi connectivity index (χ4n) is 2.38. The lowest BCUT2D eigenvalue weighted by atomic mass is 10.1. The zero-order chi connectivity index (χ0) is 17.9. The molecule has 1 heterocycles. The average molecular weight is 399 g/mol. The van der Waals surface area contributed by atoms with E-state index in [9.17, 15) is 4.79 Å². The number of hydrogen-bond donors (Lipinski definition) is 0. The fourth-order valence-corrected chi connectivity index (χ4v) is 3.18. The maximum atomic E-state index is 12.1. The maximum absolute atomic E-state index is 12.1. The molecule has 0 amide bonds. The van der Waals surface area contributed by atoms with Crippen LogP contribution in [0.5, 0.6) is 5.75 Å². The highest BCUT2D eigenvalue weighted by Gasteiger charge is 2.14. The molecule has 0 saturated carbocycles. The van der Waals surface area contributed by atoms with E-state index >= 15 is 0 Å². The zero-order valence-electron chi connectivity index (χ0n) is 14.8. The van der Waals surface area contributed by atoms with Crippen LogP contribution in [0.15, 0.2) is 36.4 Å². The summed E-state index contributed by atoms with van der Waals surface area (Å²) >= 11 is 7.10. The molecule has 0 aliphatic heterocycles. The average Bonchev–Trinajstić information content (AvgIpc) is 2.62. The van der Waals surface area contributed by atoms with E-state index in [0.717, 1.165) is 24.2 Å². The summed E-state index contributed by atoms with van der Waals surface area (Å²) in [6.07, 6.45) is 7.20. The highest BCUT2D eigenvalue weighted by molar-refractivity contribution is 8.13. The second-order valence-electron chi connectivity index (χ2n) is 5.71. The first kappa shape index (κ1) is 22.4. The third kappa shape index (κ3) is 7.70. The summed E-state index contributed by atoms with van der Waals surface area (Å²) in [4.78, 5) is 12.1. The Hall–Kier alpha value is -1.66. The summed E-state index contributed by atoms with van der Waals surface area (Å²) < 4.78 is 5.46. The van der Waals surface area contributed by atoms with E-state index in [1.54, 1.807) is 0 Å². The number of rotatable bonds is 9. The van der Waals surface area contributed by atoms with Gasteiger partial charge in [0, 0.05) is 17.4 Å². The predicted molar refractivity (Wildman–Crippen MR) is 107 cm³/mol. The van der Waals surface area contributed by atoms with Crippen molar-refractivity contribution in [2.45, 2.75) is 45.4 Å². The molecule has 0 aliphatic rings. The lowest BCUT2D eigenvalue weighted by molar-refractivity contribution is 0.227. The Morgan fingerprint density at radius 1 is 1.08 bits per heavy atom. The number of nitrogens with zero attached hydrogens (tertiary/aromatic N) is 2. The molecule has 0 N–H and O–H groups in total. The molecule has 0 unspecified atom stereocenters. The van der Waals surface area contributed by atoms with Gasteiger partial charge in [-0.05, 0) is 18.2 Å². The summed E-state index contributed by atoms with van der Waals surface area (Å²) in [7, 11) is 0. The second kappa shape index (κ2) is 12.7. The van der Waals surface area contributed by atoms with Gasteiger partial charge in [0.2, 0.25) is 0 Å². The molecule has 4 nitrogen and oxygen atoms in total. The van der Waals surface area contributed by atoms with Crippen LogP contribution in [0.3, 0.4) is 0 Å². The molecule has 1 aromatic carbocycles. The van der Waals surface area contributed by atoms with Crippen LogP contribution in [-0.4, -0.2) is 21.3 Å². The second-order valence-corrected chi connectivity index (χ2v) is 7.13. The number of ether oxygens (including phenoxy) is 1. The van der Waals surface area contributed by atoms with Gasteiger partial charge in [-0.3, -0.25) is 4.70 Å². The molecule has 0 bridgehead atoms. The van der Waals surface area contributed by atoms with Crippen molar-refractivity contribution in [2.24, 2.45) is 0 Å². The van der Waals surface area contributed by atoms with Crippen molar-refractivity contribution in [3.63, 3.8) is 0 Å². The first-order valence-corrected chi connectivity index (χ1v) is 10.0. The number of carbonyl (C=O) groups is 1. The summed E-state index contributed by atoms with van der Waals surface area (Å²) in [5, 5.41) is 7.78. The third-order valence-electron chi connectivity index (χ3n) is 3.69. The number of halogens is 2. The summed E-state index contributed by atoms with van der Waals surface area (Å²) in [6, 6.07) is 11.0. The van der Waals surface area contributed by atoms with E-state index in [1.165, 1.54) is 43.5 Å². The van der Waals surface area contributed by atoms with Crippen molar-refractivity contribution in [2.75, 3.05) is 5.75 Å². The van der Waals surface area contributed by atoms with Gasteiger partial charge in [0.25, 0.3) is 0 Å². The van der Waals surface area contributed by atoms with E-state index in [0.29, 0.717) is 11.4 Å². The van der Waals surface area contributed by atoms with Crippen molar-refractivity contribution in [3.05, 3.63) is 41.6 Å². The summed E-state index contributed by atoms with van der Waals surface area (Å²) in [5.41, 5.74) is 1.34. The molecule has 0 saturated heterocycles. The molecule has 0 radical (unpaired) electrons. The number of thioether (sulfide) groups is 1. The van der Waals surface area contributed by atoms with Crippen LogP contribution in [0.25, 0.3) is 11.3 Å². The van der Waals surface area contributed by atoms with Gasteiger partial charge in [-0.15, -0.1) is 10.2 Å². The van der Waals surface area contributed by atoms with Gasteiger partial charge in [0.05, 0.1) is 0 Å². The number of hydrogen-bond acceptors (Lipinski definition) is 5. The quantitative estimate of drug-likeness (QED) is 0.354. The Bertz CT molecular complexity index is 674. The van der Waals surface area contributed by atoms with Crippen LogP contribution in [0.2, 0.25) is 5.15 Å². The molecule has 1 aromatic heterocycles. The molecule has 26 heavy (non-hydrogen) atoms. The normalized spacial score (nSPS) is 10.2. The van der Waals surface area contributed by atoms with Gasteiger partial charge in [0.15, 0.2) is 10.9 Å². The molecular formula is C19H24ClFN2O2S. The van der Waals surface area contributed by atoms with Crippen molar-refractivity contribution >= 4 is 28.7 Å². The number of carbonyl (C=O) groups excluding carboxylic acids is 1. The van der Waals surface area contributed by atoms with E-state index < -0.39 is 0 Å². The highest BCUT2D eigenvalue weighted by Crippen LogP contribution is 2.30. The lowest BCUT2D eigenvalue weighted by Gasteiger charge is -2.09. The Morgan fingerprint density at radius 2 is 1.77 bits per heavy atom. The largest absolute Gasteiger partial charge is 0.416 e. The van der Waals surface area contributed by atoms with Crippen LogP contribution in [0, 0.1) is 0 Å². The van der Waals surface area contributed by atoms with Crippen LogP contribution in [-0.2, 0) is 0 Å². The first-order valence-electron chi connectivity index (χ1n) is 8.64. The highest BCUT2D eigenvalue weighted by atomic mass is 35.5. The lowest BCUT2D eigenvalue weighted by Crippen LogP contribution is -2.04. The van der Waals surface area contributed by atoms with Crippen molar-refractivity contribution in [1.29, 1.82) is 0 Å². The van der Waals surface area contributed by atoms with Crippen molar-refractivity contribution in [1.82, 2.24) is 10.2 Å². The van der Waals surface area contributed by atoms with Gasteiger partial charge in [-0.1, -0.05) is 81.0 Å². The smallest absolute Gasteiger partial charge is 0.372 e. The molecule has 142 valence electrons. The Balaban J connectivity index is 0.00000338. The molecule has 7 heteroatoms. The molecular weight excluding hydrogens is 375 g/mol. The SMILES string of the molecule is CCCCCCCCSC(=O)Oc1cc(Cl)nnc1-c1ccccc1.F. The molecule has 2 rings (SSSR count). The molecule has 2 aromatic rings. The van der Waals surface area contributed by atoms with Crippen LogP contribution >= 0.6 is 23.4 Å². The minimum Gasteiger partial charge on any atom is -0.416 e. The zero-order valence-corrected chi connectivity index (χ0v) is 16.4. The monoisotopic (exact) mass is 398 g/mol. The van der Waals surface area contributed by atoms with E-state index in [2.05, 4.69) is 17.1 Å². The standard InChI is InChI=1S/C19H23ClN2O2S.FH/c1-2-3-4-5-6-10-13-25-19(23)24-16-14-17(20)21-22-18(16)15-11-8-7-9-12-15;/h7-9,11-12,14H,2-6,10,13H2,1H3;1H. The van der Waals surface area contributed by atoms with E-state index in [4.69, 9.17) is 16.3 Å². The fraction of sp³-hybridized carbons (Fsp3) is 0.421. The Morgan fingerprint density at radius 3 is 2.50 bits per heavy atom. The van der Waals surface area contributed by atoms with E-state index in [-0.39, 0.29) is 15.2 Å². The van der Waals surface area contributed by atoms with E-state index in [1.807, 2.05) is 30.3 Å². The Kier molecular flexibility index (Phi) is 10.9. The minimum absolute atomic E-state index is 0. The topological polar surface area (TPSA) is 52.1 Å². The minimum atomic E-state index is -0.338. The number of unbranched alkanes of at least 4 members (excludes halogenated alkanes) is 5. The summed E-state index contributed by atoms with van der Waals surface area (Å²) in [6.45, 7) is 2.20. The number of benzene rings is 1. The van der Waals surface area contributed by atoms with Crippen LogP contribution in [0.1, 0.15) is 45.4 Å². The number of aromatic nitrogens is 2. The molecule has 0 fully saturated rings. The third-order valence-corrected chi connectivity index (χ3v) is 4.68. The van der Waals surface area contributed by atoms with Gasteiger partial charge in [-0.2, -0.15) is 0 Å². The van der Waals surface area contributed by atoms with Crippen molar-refractivity contribution in [3.8, 4) is 17.0 Å². The van der Waals surface area contributed by atoms with Crippen molar-refractivity contribution < 1.29 is 14.2 Å². The predicted octanol–water partition coefficient (Wildman–Crippen LogP) is 6.54.